The number of carbonyl (C=O) groups is 1. The molecule has 0 saturated carbocycles. The number of Topliss-reactive ketones (excluding diaryl/α,β-unsaturated/α-hetero) is 1. The van der Waals surface area contributed by atoms with E-state index in [2.05, 4.69) is 19.2 Å². The summed E-state index contributed by atoms with van der Waals surface area (Å²) in [5.41, 5.74) is 3.56. The zero-order chi connectivity index (χ0) is 20.2. The number of benzene rings is 2. The molecule has 2 aromatic carbocycles. The number of nitrogens with zero attached hydrogens (tertiary/aromatic N) is 3. The molecular formula is C23H21ClN4O. The summed E-state index contributed by atoms with van der Waals surface area (Å²) in [6.45, 7) is 4.25. The molecule has 0 fully saturated rings. The molecule has 6 heteroatoms. The van der Waals surface area contributed by atoms with Gasteiger partial charge in [0.25, 0.3) is 0 Å². The second-order valence-electron chi connectivity index (χ2n) is 8.48. The van der Waals surface area contributed by atoms with Crippen LogP contribution in [0.15, 0.2) is 65.9 Å². The van der Waals surface area contributed by atoms with Gasteiger partial charge in [-0.3, -0.25) is 4.79 Å². The number of ketones is 1. The lowest BCUT2D eigenvalue weighted by Crippen LogP contribution is -2.36. The van der Waals surface area contributed by atoms with Gasteiger partial charge in [0, 0.05) is 28.3 Å². The Morgan fingerprint density at radius 3 is 2.52 bits per heavy atom. The molecule has 146 valence electrons. The second kappa shape index (κ2) is 6.56. The highest BCUT2D eigenvalue weighted by molar-refractivity contribution is 6.30. The van der Waals surface area contributed by atoms with Crippen molar-refractivity contribution in [2.75, 3.05) is 5.32 Å². The third-order valence-corrected chi connectivity index (χ3v) is 5.80. The van der Waals surface area contributed by atoms with Crippen molar-refractivity contribution in [3.63, 3.8) is 0 Å². The molecule has 0 radical (unpaired) electrons. The van der Waals surface area contributed by atoms with Gasteiger partial charge in [-0.25, -0.2) is 4.68 Å². The Labute approximate surface area is 174 Å². The van der Waals surface area contributed by atoms with Crippen LogP contribution >= 0.6 is 11.6 Å². The monoisotopic (exact) mass is 404 g/mol. The van der Waals surface area contributed by atoms with E-state index in [1.54, 1.807) is 0 Å². The zero-order valence-electron chi connectivity index (χ0n) is 16.3. The first-order chi connectivity index (χ1) is 13.9. The predicted molar refractivity (Wildman–Crippen MR) is 114 cm³/mol. The van der Waals surface area contributed by atoms with E-state index in [9.17, 15) is 4.79 Å². The number of halogens is 1. The Hall–Kier alpha value is -2.92. The Morgan fingerprint density at radius 1 is 1.07 bits per heavy atom. The third-order valence-electron chi connectivity index (χ3n) is 5.55. The predicted octanol–water partition coefficient (Wildman–Crippen LogP) is 5.26. The quantitative estimate of drug-likeness (QED) is 0.633. The Morgan fingerprint density at radius 2 is 1.79 bits per heavy atom. The highest BCUT2D eigenvalue weighted by atomic mass is 35.5. The lowest BCUT2D eigenvalue weighted by Gasteiger charge is -2.38. The van der Waals surface area contributed by atoms with Crippen LogP contribution < -0.4 is 5.32 Å². The molecule has 0 amide bonds. The first kappa shape index (κ1) is 18.1. The van der Waals surface area contributed by atoms with E-state index >= 15 is 0 Å². The van der Waals surface area contributed by atoms with Gasteiger partial charge >= 0.3 is 0 Å². The number of allylic oxidation sites excluding steroid dienone is 2. The van der Waals surface area contributed by atoms with Gasteiger partial charge in [0.05, 0.1) is 0 Å². The summed E-state index contributed by atoms with van der Waals surface area (Å²) in [6.07, 6.45) is 1.32. The number of hydrogen-bond acceptors (Lipinski definition) is 4. The molecule has 1 N–H and O–H groups in total. The minimum Gasteiger partial charge on any atom is -0.328 e. The van der Waals surface area contributed by atoms with Gasteiger partial charge in [0.1, 0.15) is 6.04 Å². The number of carbonyl (C=O) groups excluding carboxylic acids is 1. The lowest BCUT2D eigenvalue weighted by atomic mass is 9.73. The average Bonchev–Trinajstić information content (AvgIpc) is 3.10. The number of anilines is 1. The Balaban J connectivity index is 1.69. The van der Waals surface area contributed by atoms with Crippen LogP contribution in [0.1, 0.15) is 38.3 Å². The molecular weight excluding hydrogens is 384 g/mol. The molecule has 1 unspecified atom stereocenters. The number of rotatable bonds is 2. The molecule has 1 aromatic heterocycles. The second-order valence-corrected chi connectivity index (χ2v) is 8.92. The molecule has 1 atom stereocenters. The van der Waals surface area contributed by atoms with Crippen LogP contribution in [0.25, 0.3) is 11.4 Å². The molecule has 5 rings (SSSR count). The van der Waals surface area contributed by atoms with Crippen molar-refractivity contribution >= 4 is 23.3 Å². The fourth-order valence-electron chi connectivity index (χ4n) is 4.27. The topological polar surface area (TPSA) is 59.8 Å². The van der Waals surface area contributed by atoms with E-state index in [-0.39, 0.29) is 17.2 Å². The first-order valence-electron chi connectivity index (χ1n) is 9.72. The number of hydrogen-bond donors (Lipinski definition) is 1. The van der Waals surface area contributed by atoms with Gasteiger partial charge in [-0.15, -0.1) is 5.10 Å². The van der Waals surface area contributed by atoms with E-state index in [1.165, 1.54) is 0 Å². The van der Waals surface area contributed by atoms with Crippen molar-refractivity contribution in [3.05, 3.63) is 76.5 Å². The zero-order valence-corrected chi connectivity index (χ0v) is 17.1. The van der Waals surface area contributed by atoms with E-state index in [4.69, 9.17) is 21.7 Å². The Bertz CT molecular complexity index is 1130. The van der Waals surface area contributed by atoms with Gasteiger partial charge < -0.3 is 5.32 Å². The molecule has 5 nitrogen and oxygen atoms in total. The standard InChI is InChI=1S/C23H21ClN4O/c1-23(2)12-17-19(18(29)13-23)20(14-8-10-16(24)11-9-14)28-22(25-17)26-21(27-28)15-6-4-3-5-7-15/h3-11,20H,12-13H2,1-2H3,(H,25,26,27). The molecule has 2 aliphatic rings. The number of aromatic nitrogens is 3. The fraction of sp³-hybridized carbons (Fsp3) is 0.261. The van der Waals surface area contributed by atoms with Crippen LogP contribution in [0.3, 0.4) is 0 Å². The molecule has 0 spiro atoms. The van der Waals surface area contributed by atoms with Gasteiger partial charge in [-0.2, -0.15) is 4.98 Å². The van der Waals surface area contributed by atoms with Crippen molar-refractivity contribution in [2.45, 2.75) is 32.7 Å². The van der Waals surface area contributed by atoms with Crippen LogP contribution in [0.2, 0.25) is 5.02 Å². The minimum absolute atomic E-state index is 0.0854. The van der Waals surface area contributed by atoms with E-state index in [0.29, 0.717) is 23.2 Å². The molecule has 2 heterocycles. The number of nitrogens with one attached hydrogen (secondary N) is 1. The summed E-state index contributed by atoms with van der Waals surface area (Å²) < 4.78 is 1.83. The third kappa shape index (κ3) is 3.15. The van der Waals surface area contributed by atoms with Gasteiger partial charge in [-0.1, -0.05) is 67.9 Å². The Kier molecular flexibility index (Phi) is 4.10. The van der Waals surface area contributed by atoms with Gasteiger partial charge in [0.2, 0.25) is 5.95 Å². The summed E-state index contributed by atoms with van der Waals surface area (Å²) >= 11 is 6.11. The lowest BCUT2D eigenvalue weighted by molar-refractivity contribution is -0.118. The summed E-state index contributed by atoms with van der Waals surface area (Å²) in [6, 6.07) is 17.2. The molecule has 1 aliphatic heterocycles. The summed E-state index contributed by atoms with van der Waals surface area (Å²) in [5, 5.41) is 8.86. The summed E-state index contributed by atoms with van der Waals surface area (Å²) in [7, 11) is 0. The normalized spacial score (nSPS) is 20.1. The highest BCUT2D eigenvalue weighted by Gasteiger charge is 2.41. The van der Waals surface area contributed by atoms with Crippen molar-refractivity contribution in [3.8, 4) is 11.4 Å². The number of fused-ring (bicyclic) bond motifs is 1. The maximum Gasteiger partial charge on any atom is 0.226 e. The fourth-order valence-corrected chi connectivity index (χ4v) is 4.40. The first-order valence-corrected chi connectivity index (χ1v) is 10.1. The highest BCUT2D eigenvalue weighted by Crippen LogP contribution is 2.45. The smallest absolute Gasteiger partial charge is 0.226 e. The van der Waals surface area contributed by atoms with Crippen LogP contribution in [0.5, 0.6) is 0 Å². The van der Waals surface area contributed by atoms with Gasteiger partial charge in [0.15, 0.2) is 11.6 Å². The van der Waals surface area contributed by atoms with Crippen LogP contribution in [-0.2, 0) is 4.79 Å². The van der Waals surface area contributed by atoms with Crippen LogP contribution in [0, 0.1) is 5.41 Å². The molecule has 0 bridgehead atoms. The maximum absolute atomic E-state index is 13.2. The van der Waals surface area contributed by atoms with Crippen LogP contribution in [-0.4, -0.2) is 20.5 Å². The van der Waals surface area contributed by atoms with E-state index in [1.807, 2.05) is 59.3 Å². The van der Waals surface area contributed by atoms with Crippen LogP contribution in [0.4, 0.5) is 5.95 Å². The average molecular weight is 405 g/mol. The summed E-state index contributed by atoms with van der Waals surface area (Å²) in [4.78, 5) is 17.9. The largest absolute Gasteiger partial charge is 0.328 e. The summed E-state index contributed by atoms with van der Waals surface area (Å²) in [5.74, 6) is 1.46. The van der Waals surface area contributed by atoms with E-state index < -0.39 is 0 Å². The molecule has 0 saturated heterocycles. The maximum atomic E-state index is 13.2. The van der Waals surface area contributed by atoms with Crippen molar-refractivity contribution in [1.82, 2.24) is 14.8 Å². The molecule has 1 aliphatic carbocycles. The minimum atomic E-state index is -0.313. The van der Waals surface area contributed by atoms with Crippen molar-refractivity contribution in [2.24, 2.45) is 5.41 Å². The van der Waals surface area contributed by atoms with Crippen molar-refractivity contribution in [1.29, 1.82) is 0 Å². The molecule has 29 heavy (non-hydrogen) atoms. The van der Waals surface area contributed by atoms with Gasteiger partial charge in [-0.05, 0) is 29.5 Å². The molecule has 3 aromatic rings. The SMILES string of the molecule is CC1(C)CC(=O)C2=C(C1)Nc1nc(-c3ccccc3)nn1C2c1ccc(Cl)cc1. The van der Waals surface area contributed by atoms with Crippen molar-refractivity contribution < 1.29 is 4.79 Å². The van der Waals surface area contributed by atoms with E-state index in [0.717, 1.165) is 28.8 Å².